The highest BCUT2D eigenvalue weighted by Gasteiger charge is 2.32. The van der Waals surface area contributed by atoms with Crippen molar-refractivity contribution in [3.63, 3.8) is 0 Å². The minimum absolute atomic E-state index is 0.0416. The van der Waals surface area contributed by atoms with Crippen LogP contribution in [0.2, 0.25) is 0 Å². The summed E-state index contributed by atoms with van der Waals surface area (Å²) in [5.41, 5.74) is 4.00. The molecular weight excluding hydrogens is 532 g/mol. The first-order valence-electron chi connectivity index (χ1n) is 12.1. The molecule has 3 aromatic carbocycles. The Morgan fingerprint density at radius 1 is 0.889 bits per heavy atom. The van der Waals surface area contributed by atoms with E-state index >= 15 is 0 Å². The molecule has 0 aliphatic carbocycles. The van der Waals surface area contributed by atoms with Gasteiger partial charge in [-0.1, -0.05) is 88.2 Å². The van der Waals surface area contributed by atoms with Gasteiger partial charge in [0.25, 0.3) is 0 Å². The molecule has 1 N–H and O–H groups in total. The molecule has 0 radical (unpaired) electrons. The molecule has 0 bridgehead atoms. The molecule has 3 rings (SSSR count). The van der Waals surface area contributed by atoms with Crippen LogP contribution in [-0.2, 0) is 28.3 Å². The normalized spacial score (nSPS) is 12.1. The second kappa shape index (κ2) is 13.1. The highest BCUT2D eigenvalue weighted by Crippen LogP contribution is 2.20. The number of thioether (sulfide) groups is 1. The summed E-state index contributed by atoms with van der Waals surface area (Å²) in [6.45, 7) is 8.32. The van der Waals surface area contributed by atoms with Gasteiger partial charge in [0, 0.05) is 28.7 Å². The van der Waals surface area contributed by atoms with Crippen molar-refractivity contribution in [1.29, 1.82) is 0 Å². The van der Waals surface area contributed by atoms with Crippen LogP contribution in [0.3, 0.4) is 0 Å². The minimum Gasteiger partial charge on any atom is -0.350 e. The van der Waals surface area contributed by atoms with Gasteiger partial charge in [0.2, 0.25) is 11.8 Å². The number of nitrogens with zero attached hydrogens (tertiary/aromatic N) is 1. The van der Waals surface area contributed by atoms with Gasteiger partial charge >= 0.3 is 0 Å². The fraction of sp³-hybridized carbons (Fsp3) is 0.333. The van der Waals surface area contributed by atoms with E-state index < -0.39 is 11.6 Å². The summed E-state index contributed by atoms with van der Waals surface area (Å²) in [4.78, 5) is 29.0. The molecule has 0 unspecified atom stereocenters. The lowest BCUT2D eigenvalue weighted by molar-refractivity contribution is -0.140. The number of amides is 2. The molecule has 0 aliphatic rings. The topological polar surface area (TPSA) is 49.4 Å². The van der Waals surface area contributed by atoms with Gasteiger partial charge < -0.3 is 10.2 Å². The average molecular weight is 568 g/mol. The van der Waals surface area contributed by atoms with E-state index in [-0.39, 0.29) is 11.8 Å². The molecule has 36 heavy (non-hydrogen) atoms. The number of aryl methyl sites for hydroxylation is 1. The maximum atomic E-state index is 13.7. The molecular formula is C30H35BrN2O2S. The van der Waals surface area contributed by atoms with Crippen molar-refractivity contribution in [2.75, 3.05) is 5.75 Å². The van der Waals surface area contributed by atoms with Crippen molar-refractivity contribution in [1.82, 2.24) is 10.2 Å². The van der Waals surface area contributed by atoms with Gasteiger partial charge in [-0.25, -0.2) is 0 Å². The highest BCUT2D eigenvalue weighted by atomic mass is 79.9. The Morgan fingerprint density at radius 3 is 2.11 bits per heavy atom. The van der Waals surface area contributed by atoms with Crippen LogP contribution in [0.4, 0.5) is 0 Å². The lowest BCUT2D eigenvalue weighted by Gasteiger charge is -2.34. The predicted octanol–water partition coefficient (Wildman–Crippen LogP) is 6.55. The number of carbonyl (C=O) groups is 2. The predicted molar refractivity (Wildman–Crippen MR) is 154 cm³/mol. The molecule has 3 aromatic rings. The van der Waals surface area contributed by atoms with Gasteiger partial charge in [-0.05, 0) is 56.5 Å². The summed E-state index contributed by atoms with van der Waals surface area (Å²) in [6.07, 6.45) is 0.452. The number of halogens is 1. The van der Waals surface area contributed by atoms with Crippen LogP contribution in [0, 0.1) is 6.92 Å². The third kappa shape index (κ3) is 9.14. The zero-order valence-electron chi connectivity index (χ0n) is 21.5. The number of nitrogens with one attached hydrogen (secondary N) is 1. The first-order valence-corrected chi connectivity index (χ1v) is 14.1. The Hall–Kier alpha value is -2.57. The number of hydrogen-bond acceptors (Lipinski definition) is 3. The molecule has 0 saturated heterocycles. The SMILES string of the molecule is Cc1ccc(CSCC(=O)N(Cc2ccc(Br)cc2)[C@H](Cc2ccccc2)C(=O)NC(C)(C)C)cc1. The minimum atomic E-state index is -0.622. The quantitative estimate of drug-likeness (QED) is 0.303. The fourth-order valence-electron chi connectivity index (χ4n) is 3.82. The summed E-state index contributed by atoms with van der Waals surface area (Å²) >= 11 is 5.06. The van der Waals surface area contributed by atoms with Crippen molar-refractivity contribution < 1.29 is 9.59 Å². The van der Waals surface area contributed by atoms with Crippen molar-refractivity contribution >= 4 is 39.5 Å². The van der Waals surface area contributed by atoms with Gasteiger partial charge in [0.05, 0.1) is 5.75 Å². The Morgan fingerprint density at radius 2 is 1.50 bits per heavy atom. The van der Waals surface area contributed by atoms with Gasteiger partial charge in [-0.2, -0.15) is 0 Å². The lowest BCUT2D eigenvalue weighted by Crippen LogP contribution is -2.54. The van der Waals surface area contributed by atoms with Gasteiger partial charge in [-0.15, -0.1) is 11.8 Å². The molecule has 0 aliphatic heterocycles. The van der Waals surface area contributed by atoms with Gasteiger partial charge in [0.15, 0.2) is 0 Å². The molecule has 1 atom stereocenters. The van der Waals surface area contributed by atoms with Crippen LogP contribution < -0.4 is 5.32 Å². The second-order valence-corrected chi connectivity index (χ2v) is 12.0. The zero-order valence-corrected chi connectivity index (χ0v) is 23.9. The summed E-state index contributed by atoms with van der Waals surface area (Å²) in [6, 6.07) is 25.6. The Balaban J connectivity index is 1.85. The summed E-state index contributed by atoms with van der Waals surface area (Å²) < 4.78 is 0.976. The third-order valence-electron chi connectivity index (χ3n) is 5.65. The van der Waals surface area contributed by atoms with E-state index in [2.05, 4.69) is 52.4 Å². The summed E-state index contributed by atoms with van der Waals surface area (Å²) in [7, 11) is 0. The molecule has 0 saturated carbocycles. The van der Waals surface area contributed by atoms with E-state index in [0.29, 0.717) is 18.7 Å². The lowest BCUT2D eigenvalue weighted by atomic mass is 10.0. The number of rotatable bonds is 10. The van der Waals surface area contributed by atoms with Crippen LogP contribution in [0.1, 0.15) is 43.0 Å². The number of hydrogen-bond donors (Lipinski definition) is 1. The van der Waals surface area contributed by atoms with Crippen molar-refractivity contribution in [3.8, 4) is 0 Å². The summed E-state index contributed by atoms with van der Waals surface area (Å²) in [5.74, 6) is 0.870. The molecule has 6 heteroatoms. The van der Waals surface area contributed by atoms with E-state index in [4.69, 9.17) is 0 Å². The molecule has 0 aromatic heterocycles. The standard InChI is InChI=1S/C30H35BrN2O2S/c1-22-10-12-25(13-11-22)20-36-21-28(34)33(19-24-14-16-26(31)17-15-24)27(29(35)32-30(2,3)4)18-23-8-6-5-7-9-23/h5-17,27H,18-21H2,1-4H3,(H,32,35)/t27-/m1/s1. The molecule has 4 nitrogen and oxygen atoms in total. The molecule has 0 heterocycles. The highest BCUT2D eigenvalue weighted by molar-refractivity contribution is 9.10. The maximum absolute atomic E-state index is 13.7. The van der Waals surface area contributed by atoms with Gasteiger partial charge in [-0.3, -0.25) is 9.59 Å². The maximum Gasteiger partial charge on any atom is 0.243 e. The zero-order chi connectivity index (χ0) is 26.1. The number of carbonyl (C=O) groups excluding carboxylic acids is 2. The molecule has 0 spiro atoms. The van der Waals surface area contributed by atoms with Crippen LogP contribution in [0.15, 0.2) is 83.3 Å². The van der Waals surface area contributed by atoms with E-state index in [0.717, 1.165) is 21.4 Å². The first kappa shape index (κ1) is 28.0. The third-order valence-corrected chi connectivity index (χ3v) is 7.17. The van der Waals surface area contributed by atoms with Crippen LogP contribution in [0.25, 0.3) is 0 Å². The average Bonchev–Trinajstić information content (AvgIpc) is 2.83. The van der Waals surface area contributed by atoms with E-state index in [1.54, 1.807) is 16.7 Å². The largest absolute Gasteiger partial charge is 0.350 e. The first-order chi connectivity index (χ1) is 17.1. The Kier molecular flexibility index (Phi) is 10.2. The van der Waals surface area contributed by atoms with Crippen LogP contribution in [-0.4, -0.2) is 34.0 Å². The summed E-state index contributed by atoms with van der Waals surface area (Å²) in [5, 5.41) is 3.11. The van der Waals surface area contributed by atoms with E-state index in [1.807, 2.05) is 75.4 Å². The fourth-order valence-corrected chi connectivity index (χ4v) is 4.95. The van der Waals surface area contributed by atoms with Crippen molar-refractivity contribution in [3.05, 3.63) is 106 Å². The smallest absolute Gasteiger partial charge is 0.243 e. The monoisotopic (exact) mass is 566 g/mol. The molecule has 0 fully saturated rings. The molecule has 2 amide bonds. The Bertz CT molecular complexity index is 1130. The second-order valence-electron chi connectivity index (χ2n) is 10.1. The van der Waals surface area contributed by atoms with Crippen LogP contribution >= 0.6 is 27.7 Å². The van der Waals surface area contributed by atoms with Crippen molar-refractivity contribution in [2.24, 2.45) is 0 Å². The Labute approximate surface area is 228 Å². The number of benzene rings is 3. The molecule has 190 valence electrons. The van der Waals surface area contributed by atoms with Gasteiger partial charge in [0.1, 0.15) is 6.04 Å². The van der Waals surface area contributed by atoms with E-state index in [9.17, 15) is 9.59 Å². The van der Waals surface area contributed by atoms with Crippen LogP contribution in [0.5, 0.6) is 0 Å². The van der Waals surface area contributed by atoms with Crippen molar-refractivity contribution in [2.45, 2.75) is 58.0 Å². The van der Waals surface area contributed by atoms with E-state index in [1.165, 1.54) is 11.1 Å².